The smallest absolute Gasteiger partial charge is 0.261 e. The van der Waals surface area contributed by atoms with Gasteiger partial charge in [0, 0.05) is 18.2 Å². The van der Waals surface area contributed by atoms with E-state index in [0.29, 0.717) is 29.7 Å². The van der Waals surface area contributed by atoms with Gasteiger partial charge in [-0.15, -0.1) is 0 Å². The second-order valence-electron chi connectivity index (χ2n) is 6.34. The Morgan fingerprint density at radius 3 is 2.75 bits per heavy atom. The summed E-state index contributed by atoms with van der Waals surface area (Å²) in [6, 6.07) is 1.80. The minimum Gasteiger partial charge on any atom is -0.339 e. The molecule has 2 aromatic heterocycles. The van der Waals surface area contributed by atoms with Crippen LogP contribution in [0.1, 0.15) is 65.4 Å². The van der Waals surface area contributed by atoms with Crippen molar-refractivity contribution in [3.63, 3.8) is 0 Å². The van der Waals surface area contributed by atoms with Gasteiger partial charge in [0.2, 0.25) is 5.89 Å². The van der Waals surface area contributed by atoms with Crippen LogP contribution in [0, 0.1) is 13.8 Å². The molecule has 2 aromatic rings. The third-order valence-electron chi connectivity index (χ3n) is 4.52. The highest BCUT2D eigenvalue weighted by molar-refractivity contribution is 5.95. The van der Waals surface area contributed by atoms with Crippen molar-refractivity contribution in [2.24, 2.45) is 0 Å². The standard InChI is InChI=1S/C17H22N4O3/c1-4-21(9-13-19-16(24-20-13)12-6-5-7-12)17(23)14-10(2)8-11(3)18-15(14)22/h8,12H,4-7,9H2,1-3H3,(H,18,22). The molecule has 0 radical (unpaired) electrons. The number of carbonyl (C=O) groups is 1. The lowest BCUT2D eigenvalue weighted by atomic mass is 9.85. The molecule has 0 aromatic carbocycles. The minimum absolute atomic E-state index is 0.171. The first kappa shape index (κ1) is 16.4. The van der Waals surface area contributed by atoms with E-state index in [9.17, 15) is 9.59 Å². The zero-order valence-corrected chi connectivity index (χ0v) is 14.3. The lowest BCUT2D eigenvalue weighted by Gasteiger charge is -2.21. The molecule has 0 atom stereocenters. The number of pyridine rings is 1. The molecule has 0 spiro atoms. The van der Waals surface area contributed by atoms with Crippen molar-refractivity contribution in [1.29, 1.82) is 0 Å². The van der Waals surface area contributed by atoms with Gasteiger partial charge in [-0.1, -0.05) is 11.6 Å². The molecule has 0 bridgehead atoms. The number of aromatic nitrogens is 3. The average molecular weight is 330 g/mol. The number of rotatable bonds is 5. The SMILES string of the molecule is CCN(Cc1noc(C2CCC2)n1)C(=O)c1c(C)cc(C)[nH]c1=O. The Morgan fingerprint density at radius 1 is 1.42 bits per heavy atom. The highest BCUT2D eigenvalue weighted by Crippen LogP contribution is 2.35. The highest BCUT2D eigenvalue weighted by Gasteiger charge is 2.27. The van der Waals surface area contributed by atoms with Crippen LogP contribution in [0.15, 0.2) is 15.4 Å². The van der Waals surface area contributed by atoms with Gasteiger partial charge in [-0.05, 0) is 45.2 Å². The fourth-order valence-electron chi connectivity index (χ4n) is 2.93. The van der Waals surface area contributed by atoms with Crippen molar-refractivity contribution < 1.29 is 9.32 Å². The molecule has 1 aliphatic rings. The Kier molecular flexibility index (Phi) is 4.51. The Hall–Kier alpha value is -2.44. The van der Waals surface area contributed by atoms with Crippen molar-refractivity contribution in [1.82, 2.24) is 20.0 Å². The lowest BCUT2D eigenvalue weighted by molar-refractivity contribution is 0.0744. The van der Waals surface area contributed by atoms with Gasteiger partial charge in [0.25, 0.3) is 11.5 Å². The van der Waals surface area contributed by atoms with Gasteiger partial charge in [0.1, 0.15) is 5.56 Å². The predicted octanol–water partition coefficient (Wildman–Crippen LogP) is 2.30. The molecule has 2 heterocycles. The van der Waals surface area contributed by atoms with Crippen LogP contribution < -0.4 is 5.56 Å². The van der Waals surface area contributed by atoms with Crippen LogP contribution in [0.4, 0.5) is 0 Å². The van der Waals surface area contributed by atoms with E-state index in [2.05, 4.69) is 15.1 Å². The molecule has 7 heteroatoms. The van der Waals surface area contributed by atoms with E-state index >= 15 is 0 Å². The van der Waals surface area contributed by atoms with E-state index in [0.717, 1.165) is 18.5 Å². The van der Waals surface area contributed by atoms with E-state index in [4.69, 9.17) is 4.52 Å². The molecule has 3 rings (SSSR count). The molecule has 7 nitrogen and oxygen atoms in total. The number of H-pyrrole nitrogens is 1. The van der Waals surface area contributed by atoms with E-state index in [-0.39, 0.29) is 23.6 Å². The van der Waals surface area contributed by atoms with Gasteiger partial charge in [-0.3, -0.25) is 9.59 Å². The molecule has 1 aliphatic carbocycles. The zero-order valence-electron chi connectivity index (χ0n) is 14.3. The van der Waals surface area contributed by atoms with Crippen LogP contribution in [0.2, 0.25) is 0 Å². The summed E-state index contributed by atoms with van der Waals surface area (Å²) < 4.78 is 5.30. The van der Waals surface area contributed by atoms with Crippen LogP contribution in [0.3, 0.4) is 0 Å². The van der Waals surface area contributed by atoms with Crippen molar-refractivity contribution >= 4 is 5.91 Å². The summed E-state index contributed by atoms with van der Waals surface area (Å²) in [7, 11) is 0. The van der Waals surface area contributed by atoms with Gasteiger partial charge in [-0.2, -0.15) is 4.98 Å². The Morgan fingerprint density at radius 2 is 2.17 bits per heavy atom. The van der Waals surface area contributed by atoms with Crippen molar-refractivity contribution in [3.05, 3.63) is 45.0 Å². The third-order valence-corrected chi connectivity index (χ3v) is 4.52. The third kappa shape index (κ3) is 3.11. The van der Waals surface area contributed by atoms with Crippen LogP contribution >= 0.6 is 0 Å². The molecule has 1 amide bonds. The maximum absolute atomic E-state index is 12.8. The van der Waals surface area contributed by atoms with Gasteiger partial charge in [-0.25, -0.2) is 0 Å². The predicted molar refractivity (Wildman–Crippen MR) is 87.8 cm³/mol. The normalized spacial score (nSPS) is 14.5. The summed E-state index contributed by atoms with van der Waals surface area (Å²) in [4.78, 5) is 33.6. The number of aryl methyl sites for hydroxylation is 2. The molecule has 1 fully saturated rings. The maximum Gasteiger partial charge on any atom is 0.261 e. The largest absolute Gasteiger partial charge is 0.339 e. The number of nitrogens with zero attached hydrogens (tertiary/aromatic N) is 3. The molecule has 24 heavy (non-hydrogen) atoms. The average Bonchev–Trinajstić information content (AvgIpc) is 2.89. The summed E-state index contributed by atoms with van der Waals surface area (Å²) in [6.07, 6.45) is 3.35. The van der Waals surface area contributed by atoms with E-state index in [1.165, 1.54) is 6.42 Å². The second-order valence-corrected chi connectivity index (χ2v) is 6.34. The second kappa shape index (κ2) is 6.59. The van der Waals surface area contributed by atoms with Gasteiger partial charge >= 0.3 is 0 Å². The van der Waals surface area contributed by atoms with Crippen LogP contribution in [0.5, 0.6) is 0 Å². The first-order chi connectivity index (χ1) is 11.5. The van der Waals surface area contributed by atoms with E-state index in [1.807, 2.05) is 6.92 Å². The molecule has 0 aliphatic heterocycles. The minimum atomic E-state index is -0.362. The fourth-order valence-corrected chi connectivity index (χ4v) is 2.93. The Labute approximate surface area is 140 Å². The van der Waals surface area contributed by atoms with E-state index in [1.54, 1.807) is 24.8 Å². The molecule has 0 unspecified atom stereocenters. The first-order valence-electron chi connectivity index (χ1n) is 8.32. The van der Waals surface area contributed by atoms with Crippen molar-refractivity contribution in [2.45, 2.75) is 52.5 Å². The van der Waals surface area contributed by atoms with Gasteiger partial charge < -0.3 is 14.4 Å². The van der Waals surface area contributed by atoms with E-state index < -0.39 is 0 Å². The molecular formula is C17H22N4O3. The number of hydrogen-bond donors (Lipinski definition) is 1. The Bertz CT molecular complexity index is 804. The summed E-state index contributed by atoms with van der Waals surface area (Å²) in [5, 5.41) is 3.98. The van der Waals surface area contributed by atoms with Crippen LogP contribution in [-0.4, -0.2) is 32.5 Å². The van der Waals surface area contributed by atoms with Crippen LogP contribution in [-0.2, 0) is 6.54 Å². The lowest BCUT2D eigenvalue weighted by Crippen LogP contribution is -2.35. The molecule has 0 saturated heterocycles. The van der Waals surface area contributed by atoms with Crippen molar-refractivity contribution in [3.8, 4) is 0 Å². The van der Waals surface area contributed by atoms with Gasteiger partial charge in [0.15, 0.2) is 5.82 Å². The molecular weight excluding hydrogens is 308 g/mol. The topological polar surface area (TPSA) is 92.1 Å². The maximum atomic E-state index is 12.8. The zero-order chi connectivity index (χ0) is 17.3. The first-order valence-corrected chi connectivity index (χ1v) is 8.32. The molecule has 1 saturated carbocycles. The highest BCUT2D eigenvalue weighted by atomic mass is 16.5. The summed E-state index contributed by atoms with van der Waals surface area (Å²) in [5.74, 6) is 1.18. The van der Waals surface area contributed by atoms with Gasteiger partial charge in [0.05, 0.1) is 6.54 Å². The molecule has 128 valence electrons. The monoisotopic (exact) mass is 330 g/mol. The quantitative estimate of drug-likeness (QED) is 0.908. The fraction of sp³-hybridized carbons (Fsp3) is 0.529. The number of amides is 1. The molecule has 1 N–H and O–H groups in total. The Balaban J connectivity index is 1.79. The summed E-state index contributed by atoms with van der Waals surface area (Å²) in [6.45, 7) is 6.12. The summed E-state index contributed by atoms with van der Waals surface area (Å²) in [5.41, 5.74) is 1.22. The number of carbonyl (C=O) groups excluding carboxylic acids is 1. The van der Waals surface area contributed by atoms with Crippen LogP contribution in [0.25, 0.3) is 0 Å². The number of hydrogen-bond acceptors (Lipinski definition) is 5. The number of nitrogens with one attached hydrogen (secondary N) is 1. The van der Waals surface area contributed by atoms with Crippen molar-refractivity contribution in [2.75, 3.05) is 6.54 Å². The number of aromatic amines is 1. The summed E-state index contributed by atoms with van der Waals surface area (Å²) >= 11 is 0.